The minimum absolute atomic E-state index is 0.0504. The number of hydrogen-bond acceptors (Lipinski definition) is 2. The molecule has 0 saturated carbocycles. The molecule has 0 aromatic heterocycles. The summed E-state index contributed by atoms with van der Waals surface area (Å²) in [6, 6.07) is 8.44. The van der Waals surface area contributed by atoms with Crippen LogP contribution in [0, 0.1) is 11.6 Å². The summed E-state index contributed by atoms with van der Waals surface area (Å²) in [4.78, 5) is -0.0504. The molecule has 0 aliphatic heterocycles. The average Bonchev–Trinajstić information content (AvgIpc) is 2.33. The molecule has 2 rings (SSSR count). The molecule has 0 fully saturated rings. The summed E-state index contributed by atoms with van der Waals surface area (Å²) in [5.41, 5.74) is -0.431. The summed E-state index contributed by atoms with van der Waals surface area (Å²) in [7, 11) is -3.96. The normalized spacial score (nSPS) is 11.3. The molecule has 0 unspecified atom stereocenters. The van der Waals surface area contributed by atoms with Crippen molar-refractivity contribution in [3.05, 3.63) is 58.6 Å². The molecule has 100 valence electrons. The van der Waals surface area contributed by atoms with E-state index < -0.39 is 27.3 Å². The van der Waals surface area contributed by atoms with Gasteiger partial charge in [0, 0.05) is 10.5 Å². The second kappa shape index (κ2) is 5.26. The second-order valence-electron chi connectivity index (χ2n) is 3.69. The van der Waals surface area contributed by atoms with Crippen LogP contribution >= 0.6 is 15.9 Å². The lowest BCUT2D eigenvalue weighted by Gasteiger charge is -2.09. The monoisotopic (exact) mass is 347 g/mol. The molecule has 0 bridgehead atoms. The summed E-state index contributed by atoms with van der Waals surface area (Å²) in [6.45, 7) is 0. The third-order valence-corrected chi connectivity index (χ3v) is 4.14. The van der Waals surface area contributed by atoms with Crippen LogP contribution in [0.4, 0.5) is 14.5 Å². The number of rotatable bonds is 3. The van der Waals surface area contributed by atoms with Crippen LogP contribution in [0.25, 0.3) is 0 Å². The molecule has 0 spiro atoms. The topological polar surface area (TPSA) is 46.2 Å². The zero-order valence-corrected chi connectivity index (χ0v) is 11.8. The van der Waals surface area contributed by atoms with E-state index in [2.05, 4.69) is 15.9 Å². The molecule has 3 nitrogen and oxygen atoms in total. The van der Waals surface area contributed by atoms with Crippen molar-refractivity contribution in [2.45, 2.75) is 4.90 Å². The summed E-state index contributed by atoms with van der Waals surface area (Å²) in [5, 5.41) is 0. The predicted octanol–water partition coefficient (Wildman–Crippen LogP) is 3.53. The highest BCUT2D eigenvalue weighted by molar-refractivity contribution is 9.10. The van der Waals surface area contributed by atoms with Crippen LogP contribution < -0.4 is 4.72 Å². The van der Waals surface area contributed by atoms with Crippen LogP contribution in [0.5, 0.6) is 0 Å². The van der Waals surface area contributed by atoms with Crippen LogP contribution in [-0.4, -0.2) is 8.42 Å². The van der Waals surface area contributed by atoms with Gasteiger partial charge in [-0.15, -0.1) is 0 Å². The maximum Gasteiger partial charge on any atom is 0.262 e. The Morgan fingerprint density at radius 1 is 1.05 bits per heavy atom. The molecule has 7 heteroatoms. The number of sulfonamides is 1. The van der Waals surface area contributed by atoms with Crippen LogP contribution in [-0.2, 0) is 10.0 Å². The first kappa shape index (κ1) is 14.0. The van der Waals surface area contributed by atoms with E-state index in [1.165, 1.54) is 18.2 Å². The molecule has 0 aliphatic rings. The Kier molecular flexibility index (Phi) is 3.86. The van der Waals surface area contributed by atoms with Gasteiger partial charge in [0.25, 0.3) is 10.0 Å². The minimum atomic E-state index is -3.96. The lowest BCUT2D eigenvalue weighted by Crippen LogP contribution is -2.14. The highest BCUT2D eigenvalue weighted by atomic mass is 79.9. The standard InChI is InChI=1S/C12H8BrF2NO2S/c13-8-2-1-3-10(6-8)19(17,18)16-12-7-9(14)4-5-11(12)15/h1-7,16H. The van der Waals surface area contributed by atoms with Gasteiger partial charge in [0.15, 0.2) is 0 Å². The first-order valence-corrected chi connectivity index (χ1v) is 7.39. The average molecular weight is 348 g/mol. The fraction of sp³-hybridized carbons (Fsp3) is 0. The van der Waals surface area contributed by atoms with E-state index in [1.54, 1.807) is 6.07 Å². The smallest absolute Gasteiger partial charge is 0.262 e. The molecule has 0 radical (unpaired) electrons. The molecule has 0 atom stereocenters. The van der Waals surface area contributed by atoms with Gasteiger partial charge < -0.3 is 0 Å². The van der Waals surface area contributed by atoms with Crippen molar-refractivity contribution in [1.82, 2.24) is 0 Å². The molecular weight excluding hydrogens is 340 g/mol. The zero-order chi connectivity index (χ0) is 14.0. The third-order valence-electron chi connectivity index (χ3n) is 2.28. The number of nitrogens with one attached hydrogen (secondary N) is 1. The summed E-state index contributed by atoms with van der Waals surface area (Å²) in [5.74, 6) is -1.58. The van der Waals surface area contributed by atoms with Crippen molar-refractivity contribution in [3.63, 3.8) is 0 Å². The molecule has 0 heterocycles. The Balaban J connectivity index is 2.39. The Labute approximate surface area is 117 Å². The molecular formula is C12H8BrF2NO2S. The van der Waals surface area contributed by atoms with E-state index in [-0.39, 0.29) is 4.90 Å². The van der Waals surface area contributed by atoms with Gasteiger partial charge in [-0.1, -0.05) is 22.0 Å². The van der Waals surface area contributed by atoms with Crippen molar-refractivity contribution in [1.29, 1.82) is 0 Å². The fourth-order valence-electron chi connectivity index (χ4n) is 1.41. The van der Waals surface area contributed by atoms with E-state index in [9.17, 15) is 17.2 Å². The van der Waals surface area contributed by atoms with E-state index in [0.29, 0.717) is 4.47 Å². The molecule has 0 aliphatic carbocycles. The SMILES string of the molecule is O=S(=O)(Nc1cc(F)ccc1F)c1cccc(Br)c1. The molecule has 1 N–H and O–H groups in total. The second-order valence-corrected chi connectivity index (χ2v) is 6.29. The molecule has 19 heavy (non-hydrogen) atoms. The van der Waals surface area contributed by atoms with Crippen molar-refractivity contribution in [2.75, 3.05) is 4.72 Å². The fourth-order valence-corrected chi connectivity index (χ4v) is 3.07. The van der Waals surface area contributed by atoms with Crippen molar-refractivity contribution in [3.8, 4) is 0 Å². The largest absolute Gasteiger partial charge is 0.277 e. The number of benzene rings is 2. The first-order chi connectivity index (χ1) is 8.88. The number of hydrogen-bond donors (Lipinski definition) is 1. The summed E-state index contributed by atoms with van der Waals surface area (Å²) >= 11 is 3.14. The Morgan fingerprint density at radius 3 is 2.47 bits per heavy atom. The summed E-state index contributed by atoms with van der Waals surface area (Å²) < 4.78 is 52.9. The Morgan fingerprint density at radius 2 is 1.79 bits per heavy atom. The molecule has 0 saturated heterocycles. The van der Waals surface area contributed by atoms with Crippen molar-refractivity contribution in [2.24, 2.45) is 0 Å². The van der Waals surface area contributed by atoms with Gasteiger partial charge in [0.05, 0.1) is 10.6 Å². The maximum atomic E-state index is 13.4. The maximum absolute atomic E-state index is 13.4. The van der Waals surface area contributed by atoms with Gasteiger partial charge in [0.1, 0.15) is 11.6 Å². The zero-order valence-electron chi connectivity index (χ0n) is 9.40. The van der Waals surface area contributed by atoms with Crippen LogP contribution in [0.15, 0.2) is 51.8 Å². The van der Waals surface area contributed by atoms with Crippen molar-refractivity contribution >= 4 is 31.6 Å². The predicted molar refractivity (Wildman–Crippen MR) is 71.3 cm³/mol. The lowest BCUT2D eigenvalue weighted by molar-refractivity contribution is 0.594. The van der Waals surface area contributed by atoms with Crippen LogP contribution in [0.2, 0.25) is 0 Å². The van der Waals surface area contributed by atoms with Crippen molar-refractivity contribution < 1.29 is 17.2 Å². The van der Waals surface area contributed by atoms with E-state index in [4.69, 9.17) is 0 Å². The Bertz CT molecular complexity index is 719. The molecule has 2 aromatic rings. The summed E-state index contributed by atoms with van der Waals surface area (Å²) in [6.07, 6.45) is 0. The van der Waals surface area contributed by atoms with Gasteiger partial charge in [-0.25, -0.2) is 17.2 Å². The third kappa shape index (κ3) is 3.30. The number of anilines is 1. The Hall–Kier alpha value is -1.47. The van der Waals surface area contributed by atoms with Gasteiger partial charge in [-0.05, 0) is 30.3 Å². The highest BCUT2D eigenvalue weighted by Gasteiger charge is 2.16. The number of halogens is 3. The van der Waals surface area contributed by atoms with Gasteiger partial charge >= 0.3 is 0 Å². The van der Waals surface area contributed by atoms with Gasteiger partial charge in [-0.2, -0.15) is 0 Å². The lowest BCUT2D eigenvalue weighted by atomic mass is 10.3. The van der Waals surface area contributed by atoms with E-state index >= 15 is 0 Å². The minimum Gasteiger partial charge on any atom is -0.277 e. The van der Waals surface area contributed by atoms with Gasteiger partial charge in [-0.3, -0.25) is 4.72 Å². The molecule has 2 aromatic carbocycles. The molecule has 0 amide bonds. The van der Waals surface area contributed by atoms with E-state index in [0.717, 1.165) is 18.2 Å². The van der Waals surface area contributed by atoms with E-state index in [1.807, 2.05) is 4.72 Å². The highest BCUT2D eigenvalue weighted by Crippen LogP contribution is 2.22. The van der Waals surface area contributed by atoms with Gasteiger partial charge in [0.2, 0.25) is 0 Å². The first-order valence-electron chi connectivity index (χ1n) is 5.12. The quantitative estimate of drug-likeness (QED) is 0.923. The van der Waals surface area contributed by atoms with Crippen LogP contribution in [0.3, 0.4) is 0 Å². The van der Waals surface area contributed by atoms with Crippen LogP contribution in [0.1, 0.15) is 0 Å².